The number of amides is 1. The van der Waals surface area contributed by atoms with Crippen LogP contribution in [0, 0.1) is 0 Å². The first-order valence-electron chi connectivity index (χ1n) is 7.70. The van der Waals surface area contributed by atoms with E-state index in [9.17, 15) is 13.2 Å². The van der Waals surface area contributed by atoms with Crippen molar-refractivity contribution in [1.82, 2.24) is 5.32 Å². The smallest absolute Gasteiger partial charge is 0.262 e. The highest BCUT2D eigenvalue weighted by Gasteiger charge is 2.19. The standard InChI is InChI=1S/C17H18N2O5S/c1-18-17(20)10-12-2-4-13(5-3-12)19-25(21,22)14-6-7-15-16(11-14)24-9-8-23-15/h2-7,11,19H,8-10H2,1H3,(H,18,20). The van der Waals surface area contributed by atoms with E-state index in [0.29, 0.717) is 30.4 Å². The lowest BCUT2D eigenvalue weighted by Crippen LogP contribution is -2.20. The topological polar surface area (TPSA) is 93.7 Å². The zero-order valence-corrected chi connectivity index (χ0v) is 14.4. The number of carbonyl (C=O) groups is 1. The van der Waals surface area contributed by atoms with Crippen molar-refractivity contribution in [2.45, 2.75) is 11.3 Å². The first kappa shape index (κ1) is 17.1. The van der Waals surface area contributed by atoms with Crippen LogP contribution in [0.15, 0.2) is 47.4 Å². The molecule has 0 aliphatic carbocycles. The zero-order valence-electron chi connectivity index (χ0n) is 13.6. The lowest BCUT2D eigenvalue weighted by atomic mass is 10.1. The van der Waals surface area contributed by atoms with Crippen molar-refractivity contribution in [2.75, 3.05) is 25.0 Å². The average molecular weight is 362 g/mol. The maximum atomic E-state index is 12.5. The van der Waals surface area contributed by atoms with Gasteiger partial charge in [-0.15, -0.1) is 0 Å². The lowest BCUT2D eigenvalue weighted by molar-refractivity contribution is -0.119. The van der Waals surface area contributed by atoms with Crippen molar-refractivity contribution in [2.24, 2.45) is 0 Å². The van der Waals surface area contributed by atoms with E-state index in [-0.39, 0.29) is 17.2 Å². The van der Waals surface area contributed by atoms with Gasteiger partial charge in [0.1, 0.15) is 13.2 Å². The molecule has 0 atom stereocenters. The molecule has 1 heterocycles. The molecule has 7 nitrogen and oxygen atoms in total. The molecule has 0 spiro atoms. The van der Waals surface area contributed by atoms with Crippen LogP contribution in [0.3, 0.4) is 0 Å². The summed E-state index contributed by atoms with van der Waals surface area (Å²) in [5, 5.41) is 2.54. The number of likely N-dealkylation sites (N-methyl/N-ethyl adjacent to an activating group) is 1. The number of hydrogen-bond donors (Lipinski definition) is 2. The molecule has 2 aromatic carbocycles. The fraction of sp³-hybridized carbons (Fsp3) is 0.235. The maximum absolute atomic E-state index is 12.5. The molecule has 0 fully saturated rings. The molecule has 8 heteroatoms. The Balaban J connectivity index is 1.76. The summed E-state index contributed by atoms with van der Waals surface area (Å²) in [6, 6.07) is 11.1. The molecule has 2 N–H and O–H groups in total. The first-order chi connectivity index (χ1) is 12.0. The summed E-state index contributed by atoms with van der Waals surface area (Å²) in [5.41, 5.74) is 1.21. The minimum absolute atomic E-state index is 0.0891. The normalized spacial score (nSPS) is 13.2. The van der Waals surface area contributed by atoms with Gasteiger partial charge in [-0.3, -0.25) is 9.52 Å². The quantitative estimate of drug-likeness (QED) is 0.842. The Morgan fingerprint density at radius 1 is 1.04 bits per heavy atom. The highest BCUT2D eigenvalue weighted by atomic mass is 32.2. The van der Waals surface area contributed by atoms with Gasteiger partial charge in [-0.05, 0) is 29.8 Å². The van der Waals surface area contributed by atoms with E-state index in [0.717, 1.165) is 5.56 Å². The van der Waals surface area contributed by atoms with Crippen molar-refractivity contribution in [3.05, 3.63) is 48.0 Å². The van der Waals surface area contributed by atoms with Crippen LogP contribution in [-0.2, 0) is 21.2 Å². The van der Waals surface area contributed by atoms with Crippen LogP contribution < -0.4 is 19.5 Å². The second-order valence-corrected chi connectivity index (χ2v) is 7.14. The van der Waals surface area contributed by atoms with E-state index in [1.165, 1.54) is 12.1 Å². The van der Waals surface area contributed by atoms with Crippen molar-refractivity contribution in [3.8, 4) is 11.5 Å². The summed E-state index contributed by atoms with van der Waals surface area (Å²) in [6.45, 7) is 0.830. The van der Waals surface area contributed by atoms with Gasteiger partial charge in [0.05, 0.1) is 11.3 Å². The van der Waals surface area contributed by atoms with Crippen LogP contribution in [0.5, 0.6) is 11.5 Å². The highest BCUT2D eigenvalue weighted by molar-refractivity contribution is 7.92. The van der Waals surface area contributed by atoms with Gasteiger partial charge >= 0.3 is 0 Å². The van der Waals surface area contributed by atoms with E-state index < -0.39 is 10.0 Å². The molecule has 0 unspecified atom stereocenters. The third kappa shape index (κ3) is 4.03. The Kier molecular flexibility index (Phi) is 4.80. The molecule has 132 valence electrons. The van der Waals surface area contributed by atoms with Crippen molar-refractivity contribution >= 4 is 21.6 Å². The van der Waals surface area contributed by atoms with Crippen molar-refractivity contribution < 1.29 is 22.7 Å². The Morgan fingerprint density at radius 2 is 1.72 bits per heavy atom. The van der Waals surface area contributed by atoms with Gasteiger partial charge in [0.25, 0.3) is 10.0 Å². The molecule has 0 saturated carbocycles. The maximum Gasteiger partial charge on any atom is 0.262 e. The van der Waals surface area contributed by atoms with Gasteiger partial charge in [0.15, 0.2) is 11.5 Å². The van der Waals surface area contributed by atoms with Gasteiger partial charge in [-0.2, -0.15) is 0 Å². The third-order valence-electron chi connectivity index (χ3n) is 3.67. The van der Waals surface area contributed by atoms with Gasteiger partial charge in [0.2, 0.25) is 5.91 Å². The minimum atomic E-state index is -3.75. The van der Waals surface area contributed by atoms with Crippen LogP contribution in [0.1, 0.15) is 5.56 Å². The number of ether oxygens (including phenoxy) is 2. The second-order valence-electron chi connectivity index (χ2n) is 5.46. The van der Waals surface area contributed by atoms with Crippen LogP contribution in [0.2, 0.25) is 0 Å². The summed E-state index contributed by atoms with van der Waals surface area (Å²) < 4.78 is 38.4. The van der Waals surface area contributed by atoms with Crippen LogP contribution in [-0.4, -0.2) is 34.6 Å². The van der Waals surface area contributed by atoms with Crippen molar-refractivity contribution in [3.63, 3.8) is 0 Å². The molecule has 0 bridgehead atoms. The Bertz CT molecular complexity index is 878. The predicted molar refractivity (Wildman–Crippen MR) is 92.5 cm³/mol. The number of anilines is 1. The first-order valence-corrected chi connectivity index (χ1v) is 9.18. The second kappa shape index (κ2) is 7.02. The number of rotatable bonds is 5. The molecule has 25 heavy (non-hydrogen) atoms. The van der Waals surface area contributed by atoms with Crippen LogP contribution in [0.25, 0.3) is 0 Å². The van der Waals surface area contributed by atoms with Crippen LogP contribution >= 0.6 is 0 Å². The van der Waals surface area contributed by atoms with E-state index >= 15 is 0 Å². The van der Waals surface area contributed by atoms with Gasteiger partial charge in [-0.25, -0.2) is 8.42 Å². The molecule has 0 saturated heterocycles. The van der Waals surface area contributed by atoms with E-state index in [1.807, 2.05) is 0 Å². The number of sulfonamides is 1. The van der Waals surface area contributed by atoms with Gasteiger partial charge in [-0.1, -0.05) is 12.1 Å². The predicted octanol–water partition coefficient (Wildman–Crippen LogP) is 1.55. The lowest BCUT2D eigenvalue weighted by Gasteiger charge is -2.19. The Hall–Kier alpha value is -2.74. The van der Waals surface area contributed by atoms with E-state index in [1.54, 1.807) is 37.4 Å². The highest BCUT2D eigenvalue weighted by Crippen LogP contribution is 2.32. The van der Waals surface area contributed by atoms with Crippen LogP contribution in [0.4, 0.5) is 5.69 Å². The fourth-order valence-corrected chi connectivity index (χ4v) is 3.44. The average Bonchev–Trinajstić information content (AvgIpc) is 2.62. The SMILES string of the molecule is CNC(=O)Cc1ccc(NS(=O)(=O)c2ccc3c(c2)OCCO3)cc1. The fourth-order valence-electron chi connectivity index (χ4n) is 2.37. The summed E-state index contributed by atoms with van der Waals surface area (Å²) >= 11 is 0. The largest absolute Gasteiger partial charge is 0.486 e. The van der Waals surface area contributed by atoms with E-state index in [4.69, 9.17) is 9.47 Å². The number of nitrogens with one attached hydrogen (secondary N) is 2. The molecule has 0 radical (unpaired) electrons. The molecule has 1 amide bonds. The summed E-state index contributed by atoms with van der Waals surface area (Å²) in [7, 11) is -2.18. The molecule has 1 aliphatic heterocycles. The summed E-state index contributed by atoms with van der Waals surface area (Å²) in [6.07, 6.45) is 0.242. The number of hydrogen-bond acceptors (Lipinski definition) is 5. The monoisotopic (exact) mass is 362 g/mol. The molecule has 3 rings (SSSR count). The molecule has 1 aliphatic rings. The Labute approximate surface area is 146 Å². The zero-order chi connectivity index (χ0) is 17.9. The minimum Gasteiger partial charge on any atom is -0.486 e. The number of fused-ring (bicyclic) bond motifs is 1. The molecular formula is C17H18N2O5S. The van der Waals surface area contributed by atoms with Gasteiger partial charge in [0, 0.05) is 18.8 Å². The number of benzene rings is 2. The number of carbonyl (C=O) groups excluding carboxylic acids is 1. The Morgan fingerprint density at radius 3 is 2.40 bits per heavy atom. The molecule has 2 aromatic rings. The summed E-state index contributed by atoms with van der Waals surface area (Å²) in [4.78, 5) is 11.4. The molecular weight excluding hydrogens is 344 g/mol. The third-order valence-corrected chi connectivity index (χ3v) is 5.05. The van der Waals surface area contributed by atoms with Gasteiger partial charge < -0.3 is 14.8 Å². The van der Waals surface area contributed by atoms with Crippen molar-refractivity contribution in [1.29, 1.82) is 0 Å². The molecule has 0 aromatic heterocycles. The summed E-state index contributed by atoms with van der Waals surface area (Å²) in [5.74, 6) is 0.836. The van der Waals surface area contributed by atoms with E-state index in [2.05, 4.69) is 10.0 Å².